The number of amides is 1. The average Bonchev–Trinajstić information content (AvgIpc) is 3.19. The van der Waals surface area contributed by atoms with Gasteiger partial charge in [0.25, 0.3) is 5.91 Å². The molecule has 2 heterocycles. The summed E-state index contributed by atoms with van der Waals surface area (Å²) in [6, 6.07) is 14.8. The third-order valence-corrected chi connectivity index (χ3v) is 4.29. The van der Waals surface area contributed by atoms with Crippen molar-refractivity contribution in [1.82, 2.24) is 30.5 Å². The molecule has 7 heteroatoms. The number of pyridine rings is 1. The number of aromatic nitrogens is 5. The van der Waals surface area contributed by atoms with E-state index in [4.69, 9.17) is 0 Å². The summed E-state index contributed by atoms with van der Waals surface area (Å²) in [5.41, 5.74) is 1.32. The molecule has 1 amide bonds. The molecule has 134 valence electrons. The van der Waals surface area contributed by atoms with Gasteiger partial charge in [0.15, 0.2) is 0 Å². The Balaban J connectivity index is 1.78. The van der Waals surface area contributed by atoms with Crippen LogP contribution in [0.25, 0.3) is 11.4 Å². The van der Waals surface area contributed by atoms with Crippen molar-refractivity contribution in [1.29, 1.82) is 0 Å². The summed E-state index contributed by atoms with van der Waals surface area (Å²) < 4.78 is 0. The quantitative estimate of drug-likeness (QED) is 0.708. The normalized spacial score (nSPS) is 13.2. The molecule has 0 bridgehead atoms. The van der Waals surface area contributed by atoms with E-state index in [1.807, 2.05) is 44.2 Å². The highest BCUT2D eigenvalue weighted by Gasteiger charge is 2.25. The number of rotatable bonds is 7. The summed E-state index contributed by atoms with van der Waals surface area (Å²) >= 11 is 0. The van der Waals surface area contributed by atoms with Gasteiger partial charge in [0.1, 0.15) is 5.69 Å². The first-order valence-electron chi connectivity index (χ1n) is 8.79. The zero-order valence-electron chi connectivity index (χ0n) is 14.9. The van der Waals surface area contributed by atoms with Crippen LogP contribution >= 0.6 is 0 Å². The number of tetrazole rings is 1. The number of nitrogens with zero attached hydrogens (tertiary/aromatic N) is 5. The molecular formula is C19H22N6O. The molecule has 0 unspecified atom stereocenters. The molecule has 2 aromatic heterocycles. The van der Waals surface area contributed by atoms with Gasteiger partial charge in [-0.2, -0.15) is 4.80 Å². The maximum Gasteiger partial charge on any atom is 0.270 e. The van der Waals surface area contributed by atoms with Gasteiger partial charge < -0.3 is 5.32 Å². The molecule has 7 nitrogen and oxygen atoms in total. The number of benzene rings is 1. The first-order chi connectivity index (χ1) is 12.7. The third-order valence-electron chi connectivity index (χ3n) is 4.29. The highest BCUT2D eigenvalue weighted by Crippen LogP contribution is 2.19. The molecule has 0 saturated heterocycles. The zero-order valence-corrected chi connectivity index (χ0v) is 14.9. The molecule has 1 N–H and O–H groups in total. The number of nitrogens with one attached hydrogen (secondary N) is 1. The van der Waals surface area contributed by atoms with Crippen LogP contribution in [0.4, 0.5) is 0 Å². The average molecular weight is 350 g/mol. The van der Waals surface area contributed by atoms with Crippen LogP contribution in [0.3, 0.4) is 0 Å². The SMILES string of the molecule is CC[C@H](NC(=O)c1ccccn1)[C@H](CC)n1nnc(-c2ccccc2)n1. The van der Waals surface area contributed by atoms with Crippen LogP contribution in [0.1, 0.15) is 43.2 Å². The molecule has 0 radical (unpaired) electrons. The summed E-state index contributed by atoms with van der Waals surface area (Å²) in [4.78, 5) is 18.2. The number of hydrogen-bond donors (Lipinski definition) is 1. The predicted octanol–water partition coefficient (Wildman–Crippen LogP) is 2.89. The molecule has 0 fully saturated rings. The molecule has 1 aromatic carbocycles. The Morgan fingerprint density at radius 3 is 2.50 bits per heavy atom. The molecule has 2 atom stereocenters. The second-order valence-electron chi connectivity index (χ2n) is 5.98. The van der Waals surface area contributed by atoms with Gasteiger partial charge >= 0.3 is 0 Å². The predicted molar refractivity (Wildman–Crippen MR) is 98.4 cm³/mol. The van der Waals surface area contributed by atoms with Crippen molar-refractivity contribution in [3.8, 4) is 11.4 Å². The number of carbonyl (C=O) groups is 1. The monoisotopic (exact) mass is 350 g/mol. The Kier molecular flexibility index (Phi) is 5.68. The van der Waals surface area contributed by atoms with Crippen molar-refractivity contribution < 1.29 is 4.79 Å². The minimum absolute atomic E-state index is 0.0855. The smallest absolute Gasteiger partial charge is 0.270 e. The van der Waals surface area contributed by atoms with Gasteiger partial charge in [-0.15, -0.1) is 10.2 Å². The minimum atomic E-state index is -0.195. The summed E-state index contributed by atoms with van der Waals surface area (Å²) in [7, 11) is 0. The van der Waals surface area contributed by atoms with Crippen LogP contribution in [-0.2, 0) is 0 Å². The van der Waals surface area contributed by atoms with E-state index in [1.165, 1.54) is 0 Å². The summed E-state index contributed by atoms with van der Waals surface area (Å²) in [5.74, 6) is 0.384. The Morgan fingerprint density at radius 2 is 1.85 bits per heavy atom. The van der Waals surface area contributed by atoms with E-state index in [1.54, 1.807) is 29.2 Å². The molecule has 0 aliphatic carbocycles. The van der Waals surface area contributed by atoms with Gasteiger partial charge in [0, 0.05) is 11.8 Å². The van der Waals surface area contributed by atoms with E-state index < -0.39 is 0 Å². The molecular weight excluding hydrogens is 328 g/mol. The first kappa shape index (κ1) is 17.7. The largest absolute Gasteiger partial charge is 0.346 e. The van der Waals surface area contributed by atoms with E-state index in [-0.39, 0.29) is 18.0 Å². The molecule has 0 saturated carbocycles. The lowest BCUT2D eigenvalue weighted by molar-refractivity contribution is 0.0910. The molecule has 0 aliphatic heterocycles. The Labute approximate surface area is 152 Å². The third kappa shape index (κ3) is 3.93. The summed E-state index contributed by atoms with van der Waals surface area (Å²) in [5, 5.41) is 16.0. The highest BCUT2D eigenvalue weighted by atomic mass is 16.2. The maximum absolute atomic E-state index is 12.5. The minimum Gasteiger partial charge on any atom is -0.346 e. The highest BCUT2D eigenvalue weighted by molar-refractivity contribution is 5.92. The van der Waals surface area contributed by atoms with Gasteiger partial charge in [-0.25, -0.2) is 0 Å². The standard InChI is InChI=1S/C19H22N6O/c1-3-15(21-19(26)16-12-8-9-13-20-16)17(4-2)25-23-18(22-24-25)14-10-6-5-7-11-14/h5-13,15,17H,3-4H2,1-2H3,(H,21,26)/t15-,17-/m0/s1. The van der Waals surface area contributed by atoms with E-state index in [2.05, 4.69) is 25.7 Å². The molecule has 0 aliphatic rings. The maximum atomic E-state index is 12.5. The van der Waals surface area contributed by atoms with Gasteiger partial charge in [-0.05, 0) is 30.2 Å². The van der Waals surface area contributed by atoms with Crippen LogP contribution in [0, 0.1) is 0 Å². The van der Waals surface area contributed by atoms with Crippen molar-refractivity contribution >= 4 is 5.91 Å². The molecule has 26 heavy (non-hydrogen) atoms. The van der Waals surface area contributed by atoms with Crippen LogP contribution in [0.2, 0.25) is 0 Å². The van der Waals surface area contributed by atoms with Crippen molar-refractivity contribution in [2.24, 2.45) is 0 Å². The Morgan fingerprint density at radius 1 is 1.08 bits per heavy atom. The summed E-state index contributed by atoms with van der Waals surface area (Å²) in [6.07, 6.45) is 3.13. The van der Waals surface area contributed by atoms with Crippen molar-refractivity contribution in [3.63, 3.8) is 0 Å². The van der Waals surface area contributed by atoms with Crippen LogP contribution < -0.4 is 5.32 Å². The second-order valence-corrected chi connectivity index (χ2v) is 5.98. The second kappa shape index (κ2) is 8.33. The summed E-state index contributed by atoms with van der Waals surface area (Å²) in [6.45, 7) is 4.08. The van der Waals surface area contributed by atoms with Crippen molar-refractivity contribution in [3.05, 3.63) is 60.4 Å². The topological polar surface area (TPSA) is 85.6 Å². The number of hydrogen-bond acceptors (Lipinski definition) is 5. The van der Waals surface area contributed by atoms with E-state index in [9.17, 15) is 4.79 Å². The fourth-order valence-corrected chi connectivity index (χ4v) is 2.89. The lowest BCUT2D eigenvalue weighted by atomic mass is 10.0. The van der Waals surface area contributed by atoms with E-state index >= 15 is 0 Å². The lowest BCUT2D eigenvalue weighted by Gasteiger charge is -2.24. The Hall–Kier alpha value is -3.09. The van der Waals surface area contributed by atoms with Gasteiger partial charge in [0.2, 0.25) is 5.82 Å². The van der Waals surface area contributed by atoms with Gasteiger partial charge in [0.05, 0.1) is 12.1 Å². The fraction of sp³-hybridized carbons (Fsp3) is 0.316. The number of carbonyl (C=O) groups excluding carboxylic acids is 1. The fourth-order valence-electron chi connectivity index (χ4n) is 2.89. The zero-order chi connectivity index (χ0) is 18.4. The first-order valence-corrected chi connectivity index (χ1v) is 8.79. The Bertz CT molecular complexity index is 834. The van der Waals surface area contributed by atoms with Gasteiger partial charge in [-0.3, -0.25) is 9.78 Å². The van der Waals surface area contributed by atoms with Crippen molar-refractivity contribution in [2.45, 2.75) is 38.8 Å². The van der Waals surface area contributed by atoms with Gasteiger partial charge in [-0.1, -0.05) is 50.2 Å². The molecule has 0 spiro atoms. The van der Waals surface area contributed by atoms with E-state index in [0.29, 0.717) is 11.5 Å². The lowest BCUT2D eigenvalue weighted by Crippen LogP contribution is -2.41. The molecule has 3 rings (SSSR count). The van der Waals surface area contributed by atoms with Crippen molar-refractivity contribution in [2.75, 3.05) is 0 Å². The van der Waals surface area contributed by atoms with Crippen LogP contribution in [0.5, 0.6) is 0 Å². The van der Waals surface area contributed by atoms with Crippen LogP contribution in [0.15, 0.2) is 54.7 Å². The molecule has 3 aromatic rings. The van der Waals surface area contributed by atoms with Crippen LogP contribution in [-0.4, -0.2) is 37.1 Å². The van der Waals surface area contributed by atoms with E-state index in [0.717, 1.165) is 18.4 Å².